The molecule has 0 spiro atoms. The minimum atomic E-state index is -0.177. The van der Waals surface area contributed by atoms with E-state index in [1.54, 1.807) is 0 Å². The summed E-state index contributed by atoms with van der Waals surface area (Å²) in [4.78, 5) is 0. The van der Waals surface area contributed by atoms with Crippen LogP contribution in [0.3, 0.4) is 0 Å². The van der Waals surface area contributed by atoms with Crippen LogP contribution in [0.2, 0.25) is 0 Å². The molecule has 1 atom stereocenters. The Morgan fingerprint density at radius 2 is 1.33 bits per heavy atom. The number of nitrogens with two attached hydrogens (primary N) is 1. The Labute approximate surface area is 158 Å². The largest absolute Gasteiger partial charge is 0.491 e. The maximum Gasteiger partial charge on any atom is 0.128 e. The molecule has 0 saturated carbocycles. The maximum atomic E-state index is 6.19. The highest BCUT2D eigenvalue weighted by Crippen LogP contribution is 2.46. The van der Waals surface area contributed by atoms with Crippen molar-refractivity contribution in [1.29, 1.82) is 0 Å². The molecule has 5 rings (SSSR count). The second-order valence-corrected chi connectivity index (χ2v) is 7.21. The topological polar surface area (TPSA) is 44.5 Å². The van der Waals surface area contributed by atoms with Crippen molar-refractivity contribution in [3.8, 4) is 22.6 Å². The molecule has 0 aliphatic carbocycles. The summed E-state index contributed by atoms with van der Waals surface area (Å²) in [5.74, 6) is 1.71. The molecule has 1 aliphatic rings. The van der Waals surface area contributed by atoms with E-state index in [9.17, 15) is 0 Å². The van der Waals surface area contributed by atoms with Crippen LogP contribution in [-0.2, 0) is 0 Å². The number of benzene rings is 4. The smallest absolute Gasteiger partial charge is 0.128 e. The van der Waals surface area contributed by atoms with Gasteiger partial charge in [0.1, 0.15) is 24.7 Å². The van der Waals surface area contributed by atoms with Gasteiger partial charge in [0, 0.05) is 11.1 Å². The first-order valence-electron chi connectivity index (χ1n) is 9.27. The number of aryl methyl sites for hydroxylation is 1. The third-order valence-electron chi connectivity index (χ3n) is 5.19. The molecule has 1 heterocycles. The van der Waals surface area contributed by atoms with Gasteiger partial charge in [-0.25, -0.2) is 0 Å². The summed E-state index contributed by atoms with van der Waals surface area (Å²) in [7, 11) is 0. The van der Waals surface area contributed by atoms with E-state index in [4.69, 9.17) is 15.2 Å². The number of hydrogen-bond acceptors (Lipinski definition) is 3. The molecule has 3 nitrogen and oxygen atoms in total. The molecule has 0 radical (unpaired) electrons. The van der Waals surface area contributed by atoms with Crippen molar-refractivity contribution in [3.05, 3.63) is 72.3 Å². The predicted molar refractivity (Wildman–Crippen MR) is 111 cm³/mol. The molecule has 4 aromatic rings. The molecule has 0 bridgehead atoms. The third kappa shape index (κ3) is 2.71. The zero-order chi connectivity index (χ0) is 18.4. The van der Waals surface area contributed by atoms with E-state index < -0.39 is 0 Å². The molecule has 27 heavy (non-hydrogen) atoms. The molecule has 2 N–H and O–H groups in total. The summed E-state index contributed by atoms with van der Waals surface area (Å²) in [6.45, 7) is 2.97. The van der Waals surface area contributed by atoms with Gasteiger partial charge in [0.25, 0.3) is 0 Å². The zero-order valence-corrected chi connectivity index (χ0v) is 15.2. The fourth-order valence-electron chi connectivity index (χ4n) is 3.86. The minimum Gasteiger partial charge on any atom is -0.491 e. The van der Waals surface area contributed by atoms with Crippen molar-refractivity contribution < 1.29 is 9.47 Å². The first kappa shape index (κ1) is 16.2. The van der Waals surface area contributed by atoms with Gasteiger partial charge < -0.3 is 15.2 Å². The van der Waals surface area contributed by atoms with Crippen LogP contribution in [0.15, 0.2) is 66.7 Å². The summed E-state index contributed by atoms with van der Waals surface area (Å²) in [6, 6.07) is 23.1. The molecular weight excluding hydrogens is 334 g/mol. The molecule has 0 aromatic heterocycles. The zero-order valence-electron chi connectivity index (χ0n) is 15.2. The highest BCUT2D eigenvalue weighted by Gasteiger charge is 2.21. The molecule has 1 aliphatic heterocycles. The van der Waals surface area contributed by atoms with Gasteiger partial charge in [-0.2, -0.15) is 0 Å². The third-order valence-corrected chi connectivity index (χ3v) is 5.19. The number of rotatable bonds is 0. The van der Waals surface area contributed by atoms with Crippen LogP contribution < -0.4 is 15.2 Å². The second-order valence-electron chi connectivity index (χ2n) is 7.21. The first-order valence-corrected chi connectivity index (χ1v) is 9.27. The van der Waals surface area contributed by atoms with Gasteiger partial charge in [-0.1, -0.05) is 60.2 Å². The second kappa shape index (κ2) is 6.29. The maximum absolute atomic E-state index is 6.19. The van der Waals surface area contributed by atoms with E-state index in [2.05, 4.69) is 67.6 Å². The number of hydrogen-bond donors (Lipinski definition) is 1. The van der Waals surface area contributed by atoms with E-state index in [1.165, 1.54) is 21.7 Å². The lowest BCUT2D eigenvalue weighted by Gasteiger charge is -2.17. The summed E-state index contributed by atoms with van der Waals surface area (Å²) in [5, 5.41) is 4.69. The minimum absolute atomic E-state index is 0.177. The van der Waals surface area contributed by atoms with Crippen LogP contribution in [0.4, 0.5) is 0 Å². The molecule has 0 fully saturated rings. The van der Waals surface area contributed by atoms with Gasteiger partial charge in [0.2, 0.25) is 0 Å². The Morgan fingerprint density at radius 3 is 2.07 bits per heavy atom. The van der Waals surface area contributed by atoms with Crippen LogP contribution in [0, 0.1) is 6.92 Å². The standard InChI is InChI=1S/C24H21NO2/c1-15-6-7-17-9-11-22-24(20(17)12-15)23-19-5-3-2-4-16(19)8-10-21(23)26-13-18(25)14-27-22/h2-12,18H,13-14,25H2,1H3. The van der Waals surface area contributed by atoms with Gasteiger partial charge >= 0.3 is 0 Å². The Morgan fingerprint density at radius 1 is 0.741 bits per heavy atom. The Kier molecular flexibility index (Phi) is 3.76. The van der Waals surface area contributed by atoms with Crippen LogP contribution >= 0.6 is 0 Å². The van der Waals surface area contributed by atoms with Crippen LogP contribution in [0.25, 0.3) is 32.7 Å². The van der Waals surface area contributed by atoms with Gasteiger partial charge in [-0.15, -0.1) is 0 Å². The van der Waals surface area contributed by atoms with Crippen molar-refractivity contribution in [3.63, 3.8) is 0 Å². The van der Waals surface area contributed by atoms with Gasteiger partial charge in [0.05, 0.1) is 6.04 Å². The quantitative estimate of drug-likeness (QED) is 0.479. The Hall–Kier alpha value is -3.04. The molecule has 1 unspecified atom stereocenters. The average molecular weight is 355 g/mol. The van der Waals surface area contributed by atoms with E-state index in [1.807, 2.05) is 6.07 Å². The average Bonchev–Trinajstić information content (AvgIpc) is 2.76. The highest BCUT2D eigenvalue weighted by molar-refractivity contribution is 6.09. The SMILES string of the molecule is Cc1ccc2ccc3c(c2c1)-c1c(ccc2ccccc12)OCC(N)CO3. The summed E-state index contributed by atoms with van der Waals surface area (Å²) < 4.78 is 12.3. The van der Waals surface area contributed by atoms with Crippen molar-refractivity contribution in [2.24, 2.45) is 5.73 Å². The van der Waals surface area contributed by atoms with Crippen LogP contribution in [0.5, 0.6) is 11.5 Å². The molecule has 4 aromatic carbocycles. The summed E-state index contributed by atoms with van der Waals surface area (Å²) in [5.41, 5.74) is 9.56. The highest BCUT2D eigenvalue weighted by atomic mass is 16.5. The molecule has 134 valence electrons. The van der Waals surface area contributed by atoms with Crippen molar-refractivity contribution in [2.75, 3.05) is 13.2 Å². The van der Waals surface area contributed by atoms with Crippen LogP contribution in [-0.4, -0.2) is 19.3 Å². The molecule has 0 amide bonds. The number of ether oxygens (including phenoxy) is 2. The van der Waals surface area contributed by atoms with Gasteiger partial charge in [-0.05, 0) is 40.6 Å². The lowest BCUT2D eigenvalue weighted by atomic mass is 9.91. The van der Waals surface area contributed by atoms with Gasteiger partial charge in [-0.3, -0.25) is 0 Å². The fourth-order valence-corrected chi connectivity index (χ4v) is 3.86. The number of fused-ring (bicyclic) bond motifs is 7. The Balaban J connectivity index is 1.95. The monoisotopic (exact) mass is 355 g/mol. The Bertz CT molecular complexity index is 1170. The summed E-state index contributed by atoms with van der Waals surface area (Å²) in [6.07, 6.45) is 0. The van der Waals surface area contributed by atoms with Crippen molar-refractivity contribution in [1.82, 2.24) is 0 Å². The lowest BCUT2D eigenvalue weighted by Crippen LogP contribution is -2.33. The van der Waals surface area contributed by atoms with E-state index >= 15 is 0 Å². The fraction of sp³-hybridized carbons (Fsp3) is 0.167. The molecular formula is C24H21NO2. The summed E-state index contributed by atoms with van der Waals surface area (Å²) >= 11 is 0. The van der Waals surface area contributed by atoms with E-state index in [0.717, 1.165) is 28.0 Å². The van der Waals surface area contributed by atoms with E-state index in [-0.39, 0.29) is 6.04 Å². The van der Waals surface area contributed by atoms with Crippen molar-refractivity contribution >= 4 is 21.5 Å². The molecule has 0 saturated heterocycles. The normalized spacial score (nSPS) is 16.4. The van der Waals surface area contributed by atoms with Gasteiger partial charge in [0.15, 0.2) is 0 Å². The van der Waals surface area contributed by atoms with Crippen molar-refractivity contribution in [2.45, 2.75) is 13.0 Å². The predicted octanol–water partition coefficient (Wildman–Crippen LogP) is 5.07. The lowest BCUT2D eigenvalue weighted by molar-refractivity contribution is 0.225. The first-order chi connectivity index (χ1) is 13.2. The van der Waals surface area contributed by atoms with E-state index in [0.29, 0.717) is 13.2 Å². The van der Waals surface area contributed by atoms with Crippen LogP contribution in [0.1, 0.15) is 5.56 Å². The molecule has 3 heteroatoms.